The van der Waals surface area contributed by atoms with E-state index in [0.29, 0.717) is 12.3 Å². The van der Waals surface area contributed by atoms with Gasteiger partial charge in [-0.05, 0) is 69.1 Å². The lowest BCUT2D eigenvalue weighted by molar-refractivity contribution is -0.118. The van der Waals surface area contributed by atoms with Gasteiger partial charge >= 0.3 is 11.4 Å². The maximum atomic E-state index is 13.3. The highest BCUT2D eigenvalue weighted by atomic mass is 16.5. The third kappa shape index (κ3) is 7.22. The Morgan fingerprint density at radius 3 is 2.37 bits per heavy atom. The van der Waals surface area contributed by atoms with Gasteiger partial charge in [-0.3, -0.25) is 14.3 Å². The lowest BCUT2D eigenvalue weighted by Crippen LogP contribution is -2.50. The first-order chi connectivity index (χ1) is 18.4. The standard InChI is InChI=1S/C27H32N6O5/c1-20-5-7-21(8-6-20)19-33-25(29-26(35)32(27(33)36)17-13-24(34)30-37)28-22-9-11-23(12-10-22)38-18-4-16-31-14-2-3-15-31/h5-12H,2-4,13-19H2,1H3,(H,28,29,35). The number of H-pyrrole nitrogens is 1. The lowest BCUT2D eigenvalue weighted by atomic mass is 10.1. The monoisotopic (exact) mass is 520 g/mol. The van der Waals surface area contributed by atoms with Crippen LogP contribution in [0.15, 0.2) is 68.3 Å². The average Bonchev–Trinajstić information content (AvgIpc) is 3.44. The minimum atomic E-state index is -0.937. The molecule has 2 heterocycles. The minimum Gasteiger partial charge on any atom is -0.494 e. The Bertz CT molecular complexity index is 1430. The number of nitrogens with one attached hydrogen (secondary N) is 1. The van der Waals surface area contributed by atoms with Crippen LogP contribution < -0.4 is 21.7 Å². The number of nitrogens with zero attached hydrogens (tertiary/aromatic N) is 5. The summed E-state index contributed by atoms with van der Waals surface area (Å²) >= 11 is 0. The number of hydrogen-bond donors (Lipinski definition) is 1. The molecule has 0 aliphatic carbocycles. The van der Waals surface area contributed by atoms with Crippen LogP contribution >= 0.6 is 0 Å². The zero-order valence-corrected chi connectivity index (χ0v) is 21.5. The van der Waals surface area contributed by atoms with E-state index in [2.05, 4.69) is 20.1 Å². The molecule has 1 fully saturated rings. The molecule has 1 amide bonds. The summed E-state index contributed by atoms with van der Waals surface area (Å²) in [4.78, 5) is 57.3. The van der Waals surface area contributed by atoms with Crippen LogP contribution in [0.25, 0.3) is 0 Å². The van der Waals surface area contributed by atoms with Crippen LogP contribution in [0.2, 0.25) is 0 Å². The topological polar surface area (TPSA) is 131 Å². The van der Waals surface area contributed by atoms with Crippen molar-refractivity contribution in [2.45, 2.75) is 45.7 Å². The van der Waals surface area contributed by atoms with Crippen molar-refractivity contribution >= 4 is 11.6 Å². The molecule has 0 radical (unpaired) electrons. The van der Waals surface area contributed by atoms with Crippen molar-refractivity contribution in [2.75, 3.05) is 26.2 Å². The van der Waals surface area contributed by atoms with Crippen molar-refractivity contribution in [3.63, 3.8) is 0 Å². The van der Waals surface area contributed by atoms with Crippen LogP contribution in [0.1, 0.15) is 36.8 Å². The molecule has 1 aliphatic heterocycles. The number of carbonyl (C=O) groups is 1. The highest BCUT2D eigenvalue weighted by Crippen LogP contribution is 2.18. The summed E-state index contributed by atoms with van der Waals surface area (Å²) in [5, 5.41) is 2.33. The van der Waals surface area contributed by atoms with Crippen LogP contribution in [0.4, 0.5) is 5.69 Å². The van der Waals surface area contributed by atoms with E-state index in [0.717, 1.165) is 34.4 Å². The average molecular weight is 521 g/mol. The quantitative estimate of drug-likeness (QED) is 0.305. The number of aromatic amines is 1. The van der Waals surface area contributed by atoms with E-state index in [1.807, 2.05) is 31.2 Å². The molecule has 0 unspecified atom stereocenters. The van der Waals surface area contributed by atoms with Gasteiger partial charge in [0.25, 0.3) is 5.91 Å². The first-order valence-electron chi connectivity index (χ1n) is 12.8. The zero-order chi connectivity index (χ0) is 26.9. The third-order valence-electron chi connectivity index (χ3n) is 6.45. The zero-order valence-electron chi connectivity index (χ0n) is 21.5. The first kappa shape index (κ1) is 26.9. The largest absolute Gasteiger partial charge is 0.494 e. The van der Waals surface area contributed by atoms with Gasteiger partial charge in [-0.1, -0.05) is 29.8 Å². The van der Waals surface area contributed by atoms with Crippen LogP contribution in [-0.4, -0.2) is 51.2 Å². The molecule has 1 aromatic heterocycles. The van der Waals surface area contributed by atoms with Crippen molar-refractivity contribution in [1.29, 1.82) is 0 Å². The molecule has 0 bridgehead atoms. The van der Waals surface area contributed by atoms with Gasteiger partial charge in [-0.2, -0.15) is 0 Å². The van der Waals surface area contributed by atoms with E-state index in [9.17, 15) is 19.3 Å². The molecule has 1 aliphatic rings. The summed E-state index contributed by atoms with van der Waals surface area (Å²) in [6, 6.07) is 14.7. The molecule has 200 valence electrons. The summed E-state index contributed by atoms with van der Waals surface area (Å²) in [6.07, 6.45) is 3.15. The third-order valence-corrected chi connectivity index (χ3v) is 6.45. The van der Waals surface area contributed by atoms with Crippen molar-refractivity contribution in [3.05, 3.63) is 91.2 Å². The summed E-state index contributed by atoms with van der Waals surface area (Å²) in [6.45, 7) is 5.83. The molecule has 2 aromatic carbocycles. The molecule has 1 N–H and O–H groups in total. The fraction of sp³-hybridized carbons (Fsp3) is 0.407. The van der Waals surface area contributed by atoms with Crippen LogP contribution in [0, 0.1) is 11.8 Å². The summed E-state index contributed by atoms with van der Waals surface area (Å²) in [7, 11) is 0. The smallest absolute Gasteiger partial charge is 0.335 e. The Kier molecular flexibility index (Phi) is 9.15. The normalized spacial score (nSPS) is 14.1. The maximum Gasteiger partial charge on any atom is 0.335 e. The van der Waals surface area contributed by atoms with Gasteiger partial charge in [0, 0.05) is 18.3 Å². The number of amides is 1. The Morgan fingerprint density at radius 1 is 0.974 bits per heavy atom. The molecule has 4 rings (SSSR count). The molecular weight excluding hydrogens is 488 g/mol. The van der Waals surface area contributed by atoms with Crippen molar-refractivity contribution in [1.82, 2.24) is 19.0 Å². The summed E-state index contributed by atoms with van der Waals surface area (Å²) in [5.41, 5.74) is 1.11. The molecule has 38 heavy (non-hydrogen) atoms. The summed E-state index contributed by atoms with van der Waals surface area (Å²) < 4.78 is 8.05. The van der Waals surface area contributed by atoms with Gasteiger partial charge in [0.1, 0.15) is 5.75 Å². The predicted octanol–water partition coefficient (Wildman–Crippen LogP) is 2.48. The van der Waals surface area contributed by atoms with E-state index >= 15 is 0 Å². The van der Waals surface area contributed by atoms with Gasteiger partial charge < -0.3 is 9.64 Å². The number of rotatable bonds is 11. The van der Waals surface area contributed by atoms with Gasteiger partial charge in [0.05, 0.1) is 25.3 Å². The first-order valence-corrected chi connectivity index (χ1v) is 12.8. The summed E-state index contributed by atoms with van der Waals surface area (Å²) in [5.74, 6) is -0.219. The number of likely N-dealkylation sites (tertiary alicyclic amines) is 1. The van der Waals surface area contributed by atoms with Crippen molar-refractivity contribution < 1.29 is 9.53 Å². The molecular formula is C27H32N6O5. The number of aromatic nitrogens is 3. The second kappa shape index (κ2) is 12.9. The molecule has 0 saturated carbocycles. The Balaban J connectivity index is 1.57. The Labute approximate surface area is 219 Å². The highest BCUT2D eigenvalue weighted by Gasteiger charge is 2.13. The number of aryl methyl sites for hydroxylation is 1. The van der Waals surface area contributed by atoms with Gasteiger partial charge in [0.15, 0.2) is 0 Å². The molecule has 3 aromatic rings. The van der Waals surface area contributed by atoms with Gasteiger partial charge in [0.2, 0.25) is 5.62 Å². The second-order valence-electron chi connectivity index (χ2n) is 9.35. The fourth-order valence-corrected chi connectivity index (χ4v) is 4.33. The predicted molar refractivity (Wildman–Crippen MR) is 142 cm³/mol. The molecule has 0 atom stereocenters. The van der Waals surface area contributed by atoms with Crippen molar-refractivity contribution in [3.8, 4) is 5.75 Å². The number of benzene rings is 2. The van der Waals surface area contributed by atoms with Crippen LogP contribution in [0.3, 0.4) is 0 Å². The van der Waals surface area contributed by atoms with Crippen molar-refractivity contribution in [2.24, 2.45) is 10.2 Å². The molecule has 11 heteroatoms. The van der Waals surface area contributed by atoms with E-state index in [-0.39, 0.29) is 25.1 Å². The maximum absolute atomic E-state index is 13.3. The van der Waals surface area contributed by atoms with E-state index in [1.165, 1.54) is 30.5 Å². The van der Waals surface area contributed by atoms with Crippen LogP contribution in [0.5, 0.6) is 5.75 Å². The van der Waals surface area contributed by atoms with E-state index in [4.69, 9.17) is 4.74 Å². The van der Waals surface area contributed by atoms with E-state index < -0.39 is 17.3 Å². The number of nitroso groups, excluding NO2 is 1. The Hall–Kier alpha value is -4.12. The van der Waals surface area contributed by atoms with E-state index in [1.54, 1.807) is 24.3 Å². The Morgan fingerprint density at radius 2 is 1.68 bits per heavy atom. The number of hydrogen-bond acceptors (Lipinski definition) is 7. The highest BCUT2D eigenvalue weighted by molar-refractivity contribution is 5.76. The molecule has 0 spiro atoms. The number of carbonyl (C=O) groups excluding carboxylic acids is 1. The number of ether oxygens (including phenoxy) is 1. The second-order valence-corrected chi connectivity index (χ2v) is 9.35. The molecule has 1 saturated heterocycles. The van der Waals surface area contributed by atoms with Crippen LogP contribution in [-0.2, 0) is 17.9 Å². The van der Waals surface area contributed by atoms with Gasteiger partial charge in [-0.25, -0.2) is 19.1 Å². The SMILES string of the molecule is Cc1ccc(Cn2c(=O)n(CCC(=O)N=O)c(=O)[nH]/c2=N\c2ccc(OCCCN3CCCC3)cc2)cc1. The minimum absolute atomic E-state index is 0.0657. The lowest BCUT2D eigenvalue weighted by Gasteiger charge is -2.14. The van der Waals surface area contributed by atoms with Gasteiger partial charge in [-0.15, -0.1) is 4.91 Å². The molecule has 11 nitrogen and oxygen atoms in total. The fourth-order valence-electron chi connectivity index (χ4n) is 4.33.